The molecule has 1 fully saturated rings. The summed E-state index contributed by atoms with van der Waals surface area (Å²) in [7, 11) is -3.77. The van der Waals surface area contributed by atoms with Crippen molar-refractivity contribution in [3.63, 3.8) is 0 Å². The average Bonchev–Trinajstić information content (AvgIpc) is 2.88. The molecule has 7 heteroatoms. The summed E-state index contributed by atoms with van der Waals surface area (Å²) in [4.78, 5) is -0.200. The van der Waals surface area contributed by atoms with Gasteiger partial charge in [-0.05, 0) is 43.9 Å². The van der Waals surface area contributed by atoms with Crippen LogP contribution in [-0.2, 0) is 10.0 Å². The van der Waals surface area contributed by atoms with E-state index in [4.69, 9.17) is 11.6 Å². The van der Waals surface area contributed by atoms with E-state index < -0.39 is 21.7 Å². The third-order valence-corrected chi connectivity index (χ3v) is 5.71. The number of nitrogens with zero attached hydrogens (tertiary/aromatic N) is 1. The van der Waals surface area contributed by atoms with Crippen LogP contribution in [0.4, 0.5) is 8.78 Å². The Morgan fingerprint density at radius 2 is 2.05 bits per heavy atom. The van der Waals surface area contributed by atoms with Gasteiger partial charge in [-0.2, -0.15) is 4.31 Å². The van der Waals surface area contributed by atoms with Gasteiger partial charge in [-0.3, -0.25) is 0 Å². The number of alkyl halides is 1. The molecule has 3 nitrogen and oxygen atoms in total. The van der Waals surface area contributed by atoms with E-state index >= 15 is 0 Å². The SMILES string of the molecule is O=S(=O)(c1ccc(F)c(F)c1)N1CCCC1CCCCl. The summed E-state index contributed by atoms with van der Waals surface area (Å²) in [6.45, 7) is 0.411. The fraction of sp³-hybridized carbons (Fsp3) is 0.538. The van der Waals surface area contributed by atoms with Gasteiger partial charge in [0.25, 0.3) is 0 Å². The van der Waals surface area contributed by atoms with Crippen LogP contribution in [-0.4, -0.2) is 31.2 Å². The zero-order valence-corrected chi connectivity index (χ0v) is 12.4. The van der Waals surface area contributed by atoms with Gasteiger partial charge in [-0.25, -0.2) is 17.2 Å². The highest BCUT2D eigenvalue weighted by Gasteiger charge is 2.35. The molecule has 112 valence electrons. The van der Waals surface area contributed by atoms with Crippen molar-refractivity contribution in [2.45, 2.75) is 36.6 Å². The van der Waals surface area contributed by atoms with Crippen LogP contribution in [0.5, 0.6) is 0 Å². The maximum absolute atomic E-state index is 13.2. The topological polar surface area (TPSA) is 37.4 Å². The minimum absolute atomic E-state index is 0.105. The van der Waals surface area contributed by atoms with Crippen molar-refractivity contribution in [3.05, 3.63) is 29.8 Å². The third kappa shape index (κ3) is 3.13. The van der Waals surface area contributed by atoms with Gasteiger partial charge in [0.05, 0.1) is 4.90 Å². The molecule has 2 rings (SSSR count). The predicted molar refractivity (Wildman–Crippen MR) is 73.2 cm³/mol. The zero-order chi connectivity index (χ0) is 14.8. The van der Waals surface area contributed by atoms with Gasteiger partial charge >= 0.3 is 0 Å². The summed E-state index contributed by atoms with van der Waals surface area (Å²) >= 11 is 5.64. The van der Waals surface area contributed by atoms with Crippen molar-refractivity contribution in [2.24, 2.45) is 0 Å². The fourth-order valence-electron chi connectivity index (χ4n) is 2.50. The molecular formula is C13H16ClF2NO2S. The van der Waals surface area contributed by atoms with Crippen LogP contribution in [0, 0.1) is 11.6 Å². The lowest BCUT2D eigenvalue weighted by Crippen LogP contribution is -2.35. The first-order valence-corrected chi connectivity index (χ1v) is 8.47. The van der Waals surface area contributed by atoms with Crippen LogP contribution in [0.1, 0.15) is 25.7 Å². The summed E-state index contributed by atoms with van der Waals surface area (Å²) in [6, 6.07) is 2.57. The molecule has 0 aliphatic carbocycles. The van der Waals surface area contributed by atoms with Crippen LogP contribution in [0.2, 0.25) is 0 Å². The lowest BCUT2D eigenvalue weighted by atomic mass is 10.1. The van der Waals surface area contributed by atoms with E-state index in [-0.39, 0.29) is 10.9 Å². The van der Waals surface area contributed by atoms with E-state index in [1.165, 1.54) is 4.31 Å². The summed E-state index contributed by atoms with van der Waals surface area (Å²) < 4.78 is 52.5. The van der Waals surface area contributed by atoms with Crippen LogP contribution in [0.25, 0.3) is 0 Å². The smallest absolute Gasteiger partial charge is 0.207 e. The molecule has 1 saturated heterocycles. The summed E-state index contributed by atoms with van der Waals surface area (Å²) in [6.07, 6.45) is 2.97. The minimum Gasteiger partial charge on any atom is -0.207 e. The maximum Gasteiger partial charge on any atom is 0.243 e. The van der Waals surface area contributed by atoms with Crippen molar-refractivity contribution in [3.8, 4) is 0 Å². The molecule has 0 spiro atoms. The summed E-state index contributed by atoms with van der Waals surface area (Å²) in [5, 5.41) is 0. The molecule has 20 heavy (non-hydrogen) atoms. The number of sulfonamides is 1. The van der Waals surface area contributed by atoms with Gasteiger partial charge in [-0.1, -0.05) is 0 Å². The van der Waals surface area contributed by atoms with E-state index in [1.54, 1.807) is 0 Å². The fourth-order valence-corrected chi connectivity index (χ4v) is 4.39. The second-order valence-electron chi connectivity index (χ2n) is 4.82. The maximum atomic E-state index is 13.2. The molecule has 1 unspecified atom stereocenters. The Kier molecular flexibility index (Phi) is 4.99. The molecule has 0 amide bonds. The minimum atomic E-state index is -3.77. The Morgan fingerprint density at radius 1 is 1.30 bits per heavy atom. The summed E-state index contributed by atoms with van der Waals surface area (Å²) in [5.41, 5.74) is 0. The standard InChI is InChI=1S/C13H16ClF2NO2S/c14-7-1-3-10-4-2-8-17(10)20(18,19)11-5-6-12(15)13(16)9-11/h5-6,9-10H,1-4,7-8H2. The Balaban J connectivity index is 2.26. The number of benzene rings is 1. The van der Waals surface area contributed by atoms with Crippen molar-refractivity contribution in [1.29, 1.82) is 0 Å². The quantitative estimate of drug-likeness (QED) is 0.781. The predicted octanol–water partition coefficient (Wildman–Crippen LogP) is 3.14. The molecular weight excluding hydrogens is 308 g/mol. The first kappa shape index (κ1) is 15.7. The summed E-state index contributed by atoms with van der Waals surface area (Å²) in [5.74, 6) is -1.72. The molecule has 1 aliphatic rings. The van der Waals surface area contributed by atoms with E-state index in [2.05, 4.69) is 0 Å². The molecule has 0 saturated carbocycles. The highest BCUT2D eigenvalue weighted by molar-refractivity contribution is 7.89. The van der Waals surface area contributed by atoms with Crippen LogP contribution < -0.4 is 0 Å². The normalized spacial score (nSPS) is 20.4. The van der Waals surface area contributed by atoms with Crippen LogP contribution in [0.3, 0.4) is 0 Å². The first-order valence-electron chi connectivity index (χ1n) is 6.49. The number of rotatable bonds is 5. The molecule has 0 bridgehead atoms. The average molecular weight is 324 g/mol. The second-order valence-corrected chi connectivity index (χ2v) is 7.09. The van der Waals surface area contributed by atoms with E-state index in [0.717, 1.165) is 37.5 Å². The molecule has 0 radical (unpaired) electrons. The zero-order valence-electron chi connectivity index (χ0n) is 10.9. The van der Waals surface area contributed by atoms with Gasteiger partial charge in [0.15, 0.2) is 11.6 Å². The largest absolute Gasteiger partial charge is 0.243 e. The monoisotopic (exact) mass is 323 g/mol. The van der Waals surface area contributed by atoms with Crippen molar-refractivity contribution in [1.82, 2.24) is 4.31 Å². The number of hydrogen-bond donors (Lipinski definition) is 0. The second kappa shape index (κ2) is 6.37. The van der Waals surface area contributed by atoms with E-state index in [1.807, 2.05) is 0 Å². The molecule has 1 heterocycles. The Bertz CT molecular complexity index is 580. The van der Waals surface area contributed by atoms with Crippen molar-refractivity contribution < 1.29 is 17.2 Å². The number of hydrogen-bond acceptors (Lipinski definition) is 2. The Hall–Kier alpha value is -0.720. The third-order valence-electron chi connectivity index (χ3n) is 3.49. The molecule has 0 N–H and O–H groups in total. The number of halogens is 3. The van der Waals surface area contributed by atoms with E-state index in [9.17, 15) is 17.2 Å². The molecule has 0 aromatic heterocycles. The van der Waals surface area contributed by atoms with E-state index in [0.29, 0.717) is 18.8 Å². The highest BCUT2D eigenvalue weighted by Crippen LogP contribution is 2.29. The Morgan fingerprint density at radius 3 is 2.70 bits per heavy atom. The van der Waals surface area contributed by atoms with Gasteiger partial charge in [0.1, 0.15) is 0 Å². The van der Waals surface area contributed by atoms with Gasteiger partial charge < -0.3 is 0 Å². The van der Waals surface area contributed by atoms with Gasteiger partial charge in [0.2, 0.25) is 10.0 Å². The van der Waals surface area contributed by atoms with Crippen molar-refractivity contribution in [2.75, 3.05) is 12.4 Å². The molecule has 1 aromatic rings. The lowest BCUT2D eigenvalue weighted by Gasteiger charge is -2.24. The molecule has 1 aliphatic heterocycles. The molecule has 1 aromatic carbocycles. The van der Waals surface area contributed by atoms with Crippen LogP contribution in [0.15, 0.2) is 23.1 Å². The van der Waals surface area contributed by atoms with Gasteiger partial charge in [0, 0.05) is 18.5 Å². The van der Waals surface area contributed by atoms with Crippen LogP contribution >= 0.6 is 11.6 Å². The van der Waals surface area contributed by atoms with Gasteiger partial charge in [-0.15, -0.1) is 11.6 Å². The molecule has 1 atom stereocenters. The lowest BCUT2D eigenvalue weighted by molar-refractivity contribution is 0.368. The Labute approximate surface area is 122 Å². The highest BCUT2D eigenvalue weighted by atomic mass is 35.5. The first-order chi connectivity index (χ1) is 9.46. The van der Waals surface area contributed by atoms with Crippen molar-refractivity contribution >= 4 is 21.6 Å².